The number of amides is 1. The molecule has 0 aromatic heterocycles. The zero-order valence-corrected chi connectivity index (χ0v) is 14.8. The maximum atomic E-state index is 11.5. The Kier molecular flexibility index (Phi) is 8.69. The molecule has 0 fully saturated rings. The summed E-state index contributed by atoms with van der Waals surface area (Å²) in [6.45, 7) is 0. The minimum atomic E-state index is -1.27. The summed E-state index contributed by atoms with van der Waals surface area (Å²) in [5.41, 5.74) is 0.383. The summed E-state index contributed by atoms with van der Waals surface area (Å²) >= 11 is 9.12. The van der Waals surface area contributed by atoms with Crippen LogP contribution in [0.5, 0.6) is 5.75 Å². The Morgan fingerprint density at radius 3 is 2.58 bits per heavy atom. The molecule has 5 nitrogen and oxygen atoms in total. The minimum Gasteiger partial charge on any atom is -0.550 e. The van der Waals surface area contributed by atoms with Crippen LogP contribution >= 0.6 is 27.5 Å². The van der Waals surface area contributed by atoms with Gasteiger partial charge in [0.15, 0.2) is 0 Å². The first-order valence-corrected chi connectivity index (χ1v) is 6.14. The molecule has 1 amide bonds. The van der Waals surface area contributed by atoms with Gasteiger partial charge in [-0.2, -0.15) is 0 Å². The molecule has 1 rings (SSSR count). The van der Waals surface area contributed by atoms with Gasteiger partial charge >= 0.3 is 29.6 Å². The number of ether oxygens (including phenoxy) is 1. The Bertz CT molecular complexity index is 484. The zero-order valence-electron chi connectivity index (χ0n) is 10.5. The van der Waals surface area contributed by atoms with Gasteiger partial charge in [0.2, 0.25) is 5.91 Å². The number of hydrogen-bond donors (Lipinski definition) is 1. The van der Waals surface area contributed by atoms with E-state index in [0.717, 1.165) is 0 Å². The predicted octanol–water partition coefficient (Wildman–Crippen LogP) is -1.42. The number of benzene rings is 1. The Morgan fingerprint density at radius 1 is 1.42 bits per heavy atom. The van der Waals surface area contributed by atoms with E-state index in [1.165, 1.54) is 13.2 Å². The number of carbonyl (C=O) groups is 2. The van der Waals surface area contributed by atoms with E-state index in [4.69, 9.17) is 16.3 Å². The second kappa shape index (κ2) is 8.81. The van der Waals surface area contributed by atoms with Crippen molar-refractivity contribution in [2.45, 2.75) is 12.8 Å². The molecule has 19 heavy (non-hydrogen) atoms. The van der Waals surface area contributed by atoms with Crippen LogP contribution in [-0.2, 0) is 9.59 Å². The molecule has 0 saturated carbocycles. The van der Waals surface area contributed by atoms with Gasteiger partial charge in [0.25, 0.3) is 0 Å². The number of carboxylic acid groups (broad SMARTS) is 1. The molecule has 0 aliphatic carbocycles. The van der Waals surface area contributed by atoms with Gasteiger partial charge in [-0.1, -0.05) is 11.6 Å². The number of hydrogen-bond acceptors (Lipinski definition) is 4. The topological polar surface area (TPSA) is 78.5 Å². The monoisotopic (exact) mass is 357 g/mol. The van der Waals surface area contributed by atoms with E-state index < -0.39 is 11.9 Å². The Balaban J connectivity index is 0.00000324. The molecule has 98 valence electrons. The van der Waals surface area contributed by atoms with E-state index in [1.807, 2.05) is 0 Å². The predicted molar refractivity (Wildman–Crippen MR) is 68.6 cm³/mol. The first-order chi connectivity index (χ1) is 8.43. The maximum Gasteiger partial charge on any atom is 1.00 e. The quantitative estimate of drug-likeness (QED) is 0.656. The third kappa shape index (κ3) is 6.14. The molecular weight excluding hydrogens is 348 g/mol. The molecule has 0 atom stereocenters. The van der Waals surface area contributed by atoms with Gasteiger partial charge in [-0.05, 0) is 34.5 Å². The average molecular weight is 359 g/mol. The summed E-state index contributed by atoms with van der Waals surface area (Å²) in [6, 6.07) is 3.12. The molecule has 1 N–H and O–H groups in total. The van der Waals surface area contributed by atoms with E-state index in [9.17, 15) is 14.7 Å². The van der Waals surface area contributed by atoms with Gasteiger partial charge in [-0.15, -0.1) is 0 Å². The molecule has 1 aromatic carbocycles. The average Bonchev–Trinajstić information content (AvgIpc) is 2.31. The molecule has 0 unspecified atom stereocenters. The third-order valence-electron chi connectivity index (χ3n) is 2.07. The largest absolute Gasteiger partial charge is 1.00 e. The van der Waals surface area contributed by atoms with E-state index in [1.54, 1.807) is 6.07 Å². The van der Waals surface area contributed by atoms with E-state index in [-0.39, 0.29) is 42.4 Å². The number of rotatable bonds is 5. The fraction of sp³-hybridized carbons (Fsp3) is 0.273. The molecule has 1 aromatic rings. The van der Waals surface area contributed by atoms with Crippen LogP contribution in [0.15, 0.2) is 16.6 Å². The van der Waals surface area contributed by atoms with Gasteiger partial charge in [-0.3, -0.25) is 4.79 Å². The van der Waals surface area contributed by atoms with Crippen molar-refractivity contribution in [2.75, 3.05) is 12.4 Å². The minimum absolute atomic E-state index is 0. The van der Waals surface area contributed by atoms with Crippen LogP contribution < -0.4 is 44.7 Å². The van der Waals surface area contributed by atoms with Crippen molar-refractivity contribution >= 4 is 45.1 Å². The molecule has 0 bridgehead atoms. The summed E-state index contributed by atoms with van der Waals surface area (Å²) in [4.78, 5) is 21.7. The molecule has 0 heterocycles. The first kappa shape index (κ1) is 18.7. The van der Waals surface area contributed by atoms with Crippen molar-refractivity contribution in [3.05, 3.63) is 21.6 Å². The standard InChI is InChI=1S/C11H11BrClNO4.Na/c1-18-9-4-6(12)7(13)5-8(9)14-10(15)2-3-11(16)17;/h4-5H,2-3H2,1H3,(H,14,15)(H,16,17);/q;+1/p-1. The van der Waals surface area contributed by atoms with E-state index in [2.05, 4.69) is 21.2 Å². The SMILES string of the molecule is COc1cc(Br)c(Cl)cc1NC(=O)CCC(=O)[O-].[Na+]. The number of aliphatic carboxylic acids is 1. The van der Waals surface area contributed by atoms with Crippen LogP contribution in [0.25, 0.3) is 0 Å². The Morgan fingerprint density at radius 2 is 2.05 bits per heavy atom. The summed E-state index contributed by atoms with van der Waals surface area (Å²) < 4.78 is 5.71. The summed E-state index contributed by atoms with van der Waals surface area (Å²) in [5, 5.41) is 13.2. The Hall–Kier alpha value is -0.270. The van der Waals surface area contributed by atoms with Gasteiger partial charge in [0.1, 0.15) is 5.75 Å². The molecule has 0 aliphatic rings. The number of carbonyl (C=O) groups excluding carboxylic acids is 2. The van der Waals surface area contributed by atoms with Crippen LogP contribution in [0.3, 0.4) is 0 Å². The van der Waals surface area contributed by atoms with Gasteiger partial charge in [-0.25, -0.2) is 0 Å². The molecule has 8 heteroatoms. The van der Waals surface area contributed by atoms with Crippen molar-refractivity contribution in [2.24, 2.45) is 0 Å². The van der Waals surface area contributed by atoms with E-state index >= 15 is 0 Å². The summed E-state index contributed by atoms with van der Waals surface area (Å²) in [5.74, 6) is -1.30. The number of methoxy groups -OCH3 is 1. The van der Waals surface area contributed by atoms with Gasteiger partial charge in [0, 0.05) is 16.9 Å². The fourth-order valence-electron chi connectivity index (χ4n) is 1.22. The summed E-state index contributed by atoms with van der Waals surface area (Å²) in [6.07, 6.45) is -0.502. The van der Waals surface area contributed by atoms with Crippen molar-refractivity contribution in [3.63, 3.8) is 0 Å². The second-order valence-corrected chi connectivity index (χ2v) is 4.65. The van der Waals surface area contributed by atoms with Crippen LogP contribution in [0.2, 0.25) is 5.02 Å². The van der Waals surface area contributed by atoms with Crippen LogP contribution in [0.1, 0.15) is 12.8 Å². The molecule has 0 radical (unpaired) electrons. The number of anilines is 1. The zero-order chi connectivity index (χ0) is 13.7. The number of carboxylic acids is 1. The number of nitrogens with one attached hydrogen (secondary N) is 1. The normalized spacial score (nSPS) is 9.42. The molecule has 0 aliphatic heterocycles. The molecule has 0 saturated heterocycles. The summed E-state index contributed by atoms with van der Waals surface area (Å²) in [7, 11) is 1.45. The van der Waals surface area contributed by atoms with Crippen LogP contribution in [0, 0.1) is 0 Å². The van der Waals surface area contributed by atoms with Crippen molar-refractivity contribution in [1.29, 1.82) is 0 Å². The van der Waals surface area contributed by atoms with Gasteiger partial charge in [0.05, 0.1) is 17.8 Å². The first-order valence-electron chi connectivity index (χ1n) is 4.96. The van der Waals surface area contributed by atoms with Crippen molar-refractivity contribution in [3.8, 4) is 5.75 Å². The van der Waals surface area contributed by atoms with Crippen LogP contribution in [-0.4, -0.2) is 19.0 Å². The fourth-order valence-corrected chi connectivity index (χ4v) is 1.71. The smallest absolute Gasteiger partial charge is 0.550 e. The third-order valence-corrected chi connectivity index (χ3v) is 3.27. The van der Waals surface area contributed by atoms with Crippen molar-refractivity contribution in [1.82, 2.24) is 0 Å². The molecule has 0 spiro atoms. The maximum absolute atomic E-state index is 11.5. The Labute approximate surface area is 146 Å². The second-order valence-electron chi connectivity index (χ2n) is 3.39. The van der Waals surface area contributed by atoms with Crippen molar-refractivity contribution < 1.29 is 49.0 Å². The van der Waals surface area contributed by atoms with E-state index in [0.29, 0.717) is 20.9 Å². The van der Waals surface area contributed by atoms with Crippen LogP contribution in [0.4, 0.5) is 5.69 Å². The number of halogens is 2. The van der Waals surface area contributed by atoms with Gasteiger partial charge < -0.3 is 20.0 Å². The molecular formula is C11H10BrClNNaO4.